The fourth-order valence-electron chi connectivity index (χ4n) is 7.04. The number of aliphatic hydroxyl groups excluding tert-OH is 2. The van der Waals surface area contributed by atoms with Crippen LogP contribution in [0.3, 0.4) is 0 Å². The molecule has 54 heavy (non-hydrogen) atoms. The number of allylic oxidation sites excluding steroid dienone is 3. The number of amides is 1. The third-order valence-corrected chi connectivity index (χ3v) is 10.7. The average Bonchev–Trinajstić information content (AvgIpc) is 3.17. The zero-order valence-electron chi connectivity index (χ0n) is 36.0. The van der Waals surface area contributed by atoms with Crippen molar-refractivity contribution in [2.75, 3.05) is 13.2 Å². The normalized spacial score (nSPS) is 12.9. The van der Waals surface area contributed by atoms with Crippen molar-refractivity contribution in [1.82, 2.24) is 5.32 Å². The highest BCUT2D eigenvalue weighted by molar-refractivity contribution is 5.76. The van der Waals surface area contributed by atoms with Gasteiger partial charge in [-0.15, -0.1) is 0 Å². The predicted octanol–water partition coefficient (Wildman–Crippen LogP) is 13.6. The molecule has 0 saturated carbocycles. The van der Waals surface area contributed by atoms with Crippen LogP contribution in [-0.2, 0) is 14.3 Å². The van der Waals surface area contributed by atoms with Gasteiger partial charge in [-0.05, 0) is 57.8 Å². The Bertz CT molecular complexity index is 843. The molecule has 0 fully saturated rings. The Morgan fingerprint density at radius 3 is 1.31 bits per heavy atom. The van der Waals surface area contributed by atoms with Gasteiger partial charge in [-0.1, -0.05) is 199 Å². The second-order valence-electron chi connectivity index (χ2n) is 16.1. The summed E-state index contributed by atoms with van der Waals surface area (Å²) in [5.74, 6) is -0.110. The van der Waals surface area contributed by atoms with Crippen molar-refractivity contribution >= 4 is 11.9 Å². The minimum absolute atomic E-state index is 0.0199. The van der Waals surface area contributed by atoms with Gasteiger partial charge < -0.3 is 20.3 Å². The van der Waals surface area contributed by atoms with E-state index in [1.54, 1.807) is 6.08 Å². The van der Waals surface area contributed by atoms with Crippen molar-refractivity contribution in [3.05, 3.63) is 24.3 Å². The lowest BCUT2D eigenvalue weighted by Crippen LogP contribution is -2.45. The van der Waals surface area contributed by atoms with Gasteiger partial charge in [0.25, 0.3) is 0 Å². The number of carbonyl (C=O) groups is 2. The Morgan fingerprint density at radius 1 is 0.500 bits per heavy atom. The molecular formula is C48H91NO5. The van der Waals surface area contributed by atoms with E-state index in [-0.39, 0.29) is 18.5 Å². The zero-order valence-corrected chi connectivity index (χ0v) is 36.0. The van der Waals surface area contributed by atoms with E-state index in [1.807, 2.05) is 6.08 Å². The fraction of sp³-hybridized carbons (Fsp3) is 0.875. The van der Waals surface area contributed by atoms with Gasteiger partial charge in [0.2, 0.25) is 5.91 Å². The van der Waals surface area contributed by atoms with E-state index in [4.69, 9.17) is 4.74 Å². The number of carbonyl (C=O) groups excluding carboxylic acids is 2. The van der Waals surface area contributed by atoms with E-state index in [9.17, 15) is 19.8 Å². The van der Waals surface area contributed by atoms with E-state index in [2.05, 4.69) is 31.3 Å². The SMILES string of the molecule is CCCCCCCC/C=C\CCCCCCCCCC(=O)OCCCCCCCCCCCCCC(=O)NC(CO)C(O)/C=C/CCCCCCCCC. The van der Waals surface area contributed by atoms with Crippen LogP contribution in [0.15, 0.2) is 24.3 Å². The summed E-state index contributed by atoms with van der Waals surface area (Å²) in [5, 5.41) is 22.8. The molecule has 318 valence electrons. The lowest BCUT2D eigenvalue weighted by molar-refractivity contribution is -0.143. The number of unbranched alkanes of at least 4 members (excludes halogenated alkanes) is 30. The minimum atomic E-state index is -0.854. The van der Waals surface area contributed by atoms with Gasteiger partial charge in [0, 0.05) is 12.8 Å². The quantitative estimate of drug-likeness (QED) is 0.0327. The van der Waals surface area contributed by atoms with Gasteiger partial charge in [-0.25, -0.2) is 0 Å². The summed E-state index contributed by atoms with van der Waals surface area (Å²) >= 11 is 0. The van der Waals surface area contributed by atoms with Crippen LogP contribution in [0.5, 0.6) is 0 Å². The fourth-order valence-corrected chi connectivity index (χ4v) is 7.04. The van der Waals surface area contributed by atoms with Crippen LogP contribution in [0.2, 0.25) is 0 Å². The molecule has 2 unspecified atom stereocenters. The van der Waals surface area contributed by atoms with Crippen LogP contribution < -0.4 is 5.32 Å². The lowest BCUT2D eigenvalue weighted by Gasteiger charge is -2.20. The summed E-state index contributed by atoms with van der Waals surface area (Å²) in [7, 11) is 0. The van der Waals surface area contributed by atoms with Gasteiger partial charge in [0.1, 0.15) is 0 Å². The predicted molar refractivity (Wildman–Crippen MR) is 232 cm³/mol. The van der Waals surface area contributed by atoms with E-state index in [1.165, 1.54) is 161 Å². The van der Waals surface area contributed by atoms with Gasteiger partial charge >= 0.3 is 5.97 Å². The van der Waals surface area contributed by atoms with Crippen LogP contribution >= 0.6 is 0 Å². The summed E-state index contributed by atoms with van der Waals surface area (Å²) < 4.78 is 5.45. The Balaban J connectivity index is 3.46. The molecule has 0 aliphatic rings. The number of esters is 1. The van der Waals surface area contributed by atoms with Crippen LogP contribution in [-0.4, -0.2) is 47.4 Å². The number of rotatable bonds is 43. The second-order valence-corrected chi connectivity index (χ2v) is 16.1. The topological polar surface area (TPSA) is 95.9 Å². The van der Waals surface area contributed by atoms with Crippen molar-refractivity contribution in [2.45, 2.75) is 257 Å². The van der Waals surface area contributed by atoms with Crippen LogP contribution in [0.1, 0.15) is 245 Å². The van der Waals surface area contributed by atoms with E-state index < -0.39 is 12.1 Å². The molecular weight excluding hydrogens is 671 g/mol. The molecule has 0 bridgehead atoms. The standard InChI is InChI=1S/C48H91NO5/c1-3-5-7-9-11-13-14-15-16-17-18-19-22-26-30-34-38-42-48(53)54-43-39-35-31-27-23-20-21-25-29-33-37-41-47(52)49-45(44-50)46(51)40-36-32-28-24-12-10-8-6-4-2/h15-16,36,40,45-46,50-51H,3-14,17-35,37-39,41-44H2,1-2H3,(H,49,52)/b16-15-,40-36+. The van der Waals surface area contributed by atoms with Crippen LogP contribution in [0.25, 0.3) is 0 Å². The number of hydrogen-bond acceptors (Lipinski definition) is 5. The second kappa shape index (κ2) is 44.1. The van der Waals surface area contributed by atoms with Crippen LogP contribution in [0.4, 0.5) is 0 Å². The highest BCUT2D eigenvalue weighted by Crippen LogP contribution is 2.14. The summed E-state index contributed by atoms with van der Waals surface area (Å²) in [6.07, 6.45) is 50.3. The number of ether oxygens (including phenoxy) is 1. The molecule has 1 amide bonds. The maximum atomic E-state index is 12.3. The minimum Gasteiger partial charge on any atom is -0.466 e. The molecule has 0 aromatic heterocycles. The first-order valence-corrected chi connectivity index (χ1v) is 23.6. The molecule has 2 atom stereocenters. The summed E-state index contributed by atoms with van der Waals surface area (Å²) in [5.41, 5.74) is 0. The summed E-state index contributed by atoms with van der Waals surface area (Å²) in [6.45, 7) is 4.82. The van der Waals surface area contributed by atoms with Gasteiger partial charge in [-0.2, -0.15) is 0 Å². The smallest absolute Gasteiger partial charge is 0.305 e. The number of nitrogens with one attached hydrogen (secondary N) is 1. The average molecular weight is 762 g/mol. The van der Waals surface area contributed by atoms with Crippen molar-refractivity contribution in [2.24, 2.45) is 0 Å². The van der Waals surface area contributed by atoms with E-state index >= 15 is 0 Å². The van der Waals surface area contributed by atoms with E-state index in [0.717, 1.165) is 57.8 Å². The molecule has 0 spiro atoms. The monoisotopic (exact) mass is 762 g/mol. The van der Waals surface area contributed by atoms with Crippen molar-refractivity contribution in [3.8, 4) is 0 Å². The molecule has 6 heteroatoms. The molecule has 0 saturated heterocycles. The molecule has 0 heterocycles. The third kappa shape index (κ3) is 40.0. The van der Waals surface area contributed by atoms with Gasteiger partial charge in [-0.3, -0.25) is 9.59 Å². The first-order valence-electron chi connectivity index (χ1n) is 23.6. The Kier molecular flexibility index (Phi) is 42.7. The first-order chi connectivity index (χ1) is 26.5. The maximum Gasteiger partial charge on any atom is 0.305 e. The molecule has 0 aliphatic carbocycles. The van der Waals surface area contributed by atoms with Crippen molar-refractivity contribution in [1.29, 1.82) is 0 Å². The molecule has 0 radical (unpaired) electrons. The third-order valence-electron chi connectivity index (χ3n) is 10.7. The molecule has 0 aromatic carbocycles. The first kappa shape index (κ1) is 52.3. The molecule has 0 aliphatic heterocycles. The summed E-state index contributed by atoms with van der Waals surface area (Å²) in [4.78, 5) is 24.4. The Labute approximate surface area is 335 Å². The largest absolute Gasteiger partial charge is 0.466 e. The Morgan fingerprint density at radius 2 is 0.870 bits per heavy atom. The molecule has 6 nitrogen and oxygen atoms in total. The zero-order chi connectivity index (χ0) is 39.4. The highest BCUT2D eigenvalue weighted by Gasteiger charge is 2.18. The number of aliphatic hydroxyl groups is 2. The molecule has 3 N–H and O–H groups in total. The van der Waals surface area contributed by atoms with Crippen molar-refractivity contribution in [3.63, 3.8) is 0 Å². The molecule has 0 rings (SSSR count). The van der Waals surface area contributed by atoms with Gasteiger partial charge in [0.05, 0.1) is 25.4 Å². The Hall–Kier alpha value is -1.66. The lowest BCUT2D eigenvalue weighted by atomic mass is 10.0. The number of hydrogen-bond donors (Lipinski definition) is 3. The summed E-state index contributed by atoms with van der Waals surface area (Å²) in [6, 6.07) is -0.639. The van der Waals surface area contributed by atoms with Crippen molar-refractivity contribution < 1.29 is 24.5 Å². The van der Waals surface area contributed by atoms with Gasteiger partial charge in [0.15, 0.2) is 0 Å². The van der Waals surface area contributed by atoms with E-state index in [0.29, 0.717) is 19.4 Å². The highest BCUT2D eigenvalue weighted by atomic mass is 16.5. The maximum absolute atomic E-state index is 12.3. The van der Waals surface area contributed by atoms with Crippen LogP contribution in [0, 0.1) is 0 Å². The molecule has 0 aromatic rings.